The summed E-state index contributed by atoms with van der Waals surface area (Å²) in [5, 5.41) is 14.9. The summed E-state index contributed by atoms with van der Waals surface area (Å²) in [5.41, 5.74) is 1.46. The van der Waals surface area contributed by atoms with E-state index in [1.54, 1.807) is 11.3 Å². The molecule has 10 heteroatoms. The van der Waals surface area contributed by atoms with Crippen molar-refractivity contribution in [3.63, 3.8) is 0 Å². The highest BCUT2D eigenvalue weighted by Gasteiger charge is 2.15. The van der Waals surface area contributed by atoms with E-state index in [1.807, 2.05) is 11.6 Å². The lowest BCUT2D eigenvalue weighted by molar-refractivity contribution is -0.113. The lowest BCUT2D eigenvalue weighted by atomic mass is 10.2. The molecule has 1 amide bonds. The average molecular weight is 476 g/mol. The summed E-state index contributed by atoms with van der Waals surface area (Å²) in [6, 6.07) is 5.17. The van der Waals surface area contributed by atoms with Crippen molar-refractivity contribution in [2.24, 2.45) is 7.05 Å². The van der Waals surface area contributed by atoms with Gasteiger partial charge in [0.2, 0.25) is 5.91 Å². The molecule has 3 rings (SSSR count). The van der Waals surface area contributed by atoms with Gasteiger partial charge in [-0.05, 0) is 24.6 Å². The van der Waals surface area contributed by atoms with Crippen LogP contribution in [0.2, 0.25) is 15.1 Å². The minimum atomic E-state index is -0.226. The number of nitrogens with zero attached hydrogens (tertiary/aromatic N) is 3. The molecule has 0 bridgehead atoms. The first-order valence-electron chi connectivity index (χ1n) is 8.43. The minimum absolute atomic E-state index is 0.160. The second-order valence-corrected chi connectivity index (χ2v) is 9.16. The molecule has 1 N–H and O–H groups in total. The number of carbonyl (C=O) groups excluding carboxylic acids is 1. The molecule has 1 aromatic carbocycles. The molecule has 0 unspecified atom stereocenters. The number of thiophene rings is 1. The third-order valence-corrected chi connectivity index (χ3v) is 6.91. The molecular formula is C18H17Cl3N4OS2. The predicted molar refractivity (Wildman–Crippen MR) is 119 cm³/mol. The van der Waals surface area contributed by atoms with Gasteiger partial charge in [0.15, 0.2) is 11.0 Å². The van der Waals surface area contributed by atoms with Crippen molar-refractivity contribution in [2.75, 3.05) is 11.1 Å². The Bertz CT molecular complexity index is 1000. The number of anilines is 1. The molecule has 2 heterocycles. The molecule has 0 fully saturated rings. The highest BCUT2D eigenvalue weighted by Crippen LogP contribution is 2.32. The van der Waals surface area contributed by atoms with E-state index in [2.05, 4.69) is 33.9 Å². The number of halogens is 3. The average Bonchev–Trinajstić information content (AvgIpc) is 3.25. The summed E-state index contributed by atoms with van der Waals surface area (Å²) in [6.45, 7) is 2.16. The van der Waals surface area contributed by atoms with Gasteiger partial charge in [-0.3, -0.25) is 4.79 Å². The SMILES string of the molecule is CCCc1cc(-c2nnc(SCC(=O)Nc3cc(Cl)c(Cl)cc3Cl)n2C)cs1. The normalized spacial score (nSPS) is 11.0. The number of nitrogens with one attached hydrogen (secondary N) is 1. The summed E-state index contributed by atoms with van der Waals surface area (Å²) < 4.78 is 1.89. The Kier molecular flexibility index (Phi) is 7.28. The van der Waals surface area contributed by atoms with E-state index in [0.29, 0.717) is 25.9 Å². The van der Waals surface area contributed by atoms with Crippen molar-refractivity contribution in [2.45, 2.75) is 24.9 Å². The zero-order chi connectivity index (χ0) is 20.3. The lowest BCUT2D eigenvalue weighted by Crippen LogP contribution is -2.14. The number of thioether (sulfide) groups is 1. The number of carbonyl (C=O) groups is 1. The molecule has 0 aliphatic rings. The fourth-order valence-corrected chi connectivity index (χ4v) is 4.78. The van der Waals surface area contributed by atoms with Crippen LogP contribution < -0.4 is 5.32 Å². The van der Waals surface area contributed by atoms with Gasteiger partial charge in [0.25, 0.3) is 0 Å². The van der Waals surface area contributed by atoms with Crippen molar-refractivity contribution in [1.82, 2.24) is 14.8 Å². The maximum atomic E-state index is 12.3. The van der Waals surface area contributed by atoms with E-state index < -0.39 is 0 Å². The van der Waals surface area contributed by atoms with Crippen molar-refractivity contribution >= 4 is 69.5 Å². The number of amides is 1. The van der Waals surface area contributed by atoms with Crippen LogP contribution in [0, 0.1) is 0 Å². The molecule has 0 aliphatic heterocycles. The van der Waals surface area contributed by atoms with Crippen LogP contribution in [0.4, 0.5) is 5.69 Å². The quantitative estimate of drug-likeness (QED) is 0.327. The molecule has 3 aromatic rings. The van der Waals surface area contributed by atoms with E-state index in [1.165, 1.54) is 28.8 Å². The second kappa shape index (κ2) is 9.50. The Morgan fingerprint density at radius 3 is 2.68 bits per heavy atom. The Balaban J connectivity index is 1.64. The highest BCUT2D eigenvalue weighted by atomic mass is 35.5. The number of aromatic nitrogens is 3. The molecule has 0 aliphatic carbocycles. The predicted octanol–water partition coefficient (Wildman–Crippen LogP) is 6.19. The van der Waals surface area contributed by atoms with E-state index in [-0.39, 0.29) is 11.7 Å². The van der Waals surface area contributed by atoms with Crippen LogP contribution in [-0.2, 0) is 18.3 Å². The second-order valence-electron chi connectivity index (χ2n) is 6.00. The Morgan fingerprint density at radius 2 is 1.93 bits per heavy atom. The number of hydrogen-bond donors (Lipinski definition) is 1. The van der Waals surface area contributed by atoms with Crippen LogP contribution in [0.5, 0.6) is 0 Å². The van der Waals surface area contributed by atoms with Crippen LogP contribution >= 0.6 is 57.9 Å². The molecule has 28 heavy (non-hydrogen) atoms. The van der Waals surface area contributed by atoms with Crippen LogP contribution in [0.1, 0.15) is 18.2 Å². The molecule has 0 radical (unpaired) electrons. The third-order valence-electron chi connectivity index (χ3n) is 3.86. The summed E-state index contributed by atoms with van der Waals surface area (Å²) in [4.78, 5) is 13.6. The number of hydrogen-bond acceptors (Lipinski definition) is 5. The first-order chi connectivity index (χ1) is 13.4. The zero-order valence-corrected chi connectivity index (χ0v) is 19.0. The molecular weight excluding hydrogens is 459 g/mol. The highest BCUT2D eigenvalue weighted by molar-refractivity contribution is 7.99. The summed E-state index contributed by atoms with van der Waals surface area (Å²) in [5.74, 6) is 0.720. The fourth-order valence-electron chi connectivity index (χ4n) is 2.50. The Hall–Kier alpha value is -1.25. The lowest BCUT2D eigenvalue weighted by Gasteiger charge is -2.08. The molecule has 0 saturated carbocycles. The topological polar surface area (TPSA) is 59.8 Å². The van der Waals surface area contributed by atoms with Crippen molar-refractivity contribution < 1.29 is 4.79 Å². The Labute approximate surface area is 186 Å². The van der Waals surface area contributed by atoms with Gasteiger partial charge in [-0.25, -0.2) is 0 Å². The van der Waals surface area contributed by atoms with Crippen molar-refractivity contribution in [3.05, 3.63) is 43.5 Å². The van der Waals surface area contributed by atoms with Crippen molar-refractivity contribution in [3.8, 4) is 11.4 Å². The van der Waals surface area contributed by atoms with Gasteiger partial charge in [0, 0.05) is 22.9 Å². The monoisotopic (exact) mass is 474 g/mol. The Morgan fingerprint density at radius 1 is 1.18 bits per heavy atom. The van der Waals surface area contributed by atoms with E-state index in [9.17, 15) is 4.79 Å². The standard InChI is InChI=1S/C18H17Cl3N4OS2/c1-3-4-11-5-10(8-27-11)17-23-24-18(25(17)2)28-9-16(26)22-15-7-13(20)12(19)6-14(15)21/h5-8H,3-4,9H2,1-2H3,(H,22,26). The number of benzene rings is 1. The van der Waals surface area contributed by atoms with Crippen molar-refractivity contribution in [1.29, 1.82) is 0 Å². The van der Waals surface area contributed by atoms with Crippen LogP contribution in [0.15, 0.2) is 28.7 Å². The summed E-state index contributed by atoms with van der Waals surface area (Å²) in [7, 11) is 1.89. The van der Waals surface area contributed by atoms with Gasteiger partial charge in [0.05, 0.1) is 26.5 Å². The van der Waals surface area contributed by atoms with Gasteiger partial charge in [-0.1, -0.05) is 59.9 Å². The largest absolute Gasteiger partial charge is 0.324 e. The van der Waals surface area contributed by atoms with E-state index in [0.717, 1.165) is 24.2 Å². The zero-order valence-electron chi connectivity index (χ0n) is 15.1. The van der Waals surface area contributed by atoms with E-state index >= 15 is 0 Å². The van der Waals surface area contributed by atoms with Gasteiger partial charge >= 0.3 is 0 Å². The smallest absolute Gasteiger partial charge is 0.234 e. The summed E-state index contributed by atoms with van der Waals surface area (Å²) in [6.07, 6.45) is 2.17. The third kappa shape index (κ3) is 5.02. The van der Waals surface area contributed by atoms with Crippen LogP contribution in [-0.4, -0.2) is 26.4 Å². The molecule has 0 saturated heterocycles. The van der Waals surface area contributed by atoms with Gasteiger partial charge in [-0.15, -0.1) is 21.5 Å². The van der Waals surface area contributed by atoms with Gasteiger partial charge < -0.3 is 9.88 Å². The molecule has 148 valence electrons. The minimum Gasteiger partial charge on any atom is -0.324 e. The molecule has 0 spiro atoms. The molecule has 0 atom stereocenters. The maximum absolute atomic E-state index is 12.3. The fraction of sp³-hybridized carbons (Fsp3) is 0.278. The first-order valence-corrected chi connectivity index (χ1v) is 11.4. The van der Waals surface area contributed by atoms with Crippen LogP contribution in [0.3, 0.4) is 0 Å². The number of aryl methyl sites for hydroxylation is 1. The van der Waals surface area contributed by atoms with Gasteiger partial charge in [0.1, 0.15) is 0 Å². The van der Waals surface area contributed by atoms with E-state index in [4.69, 9.17) is 34.8 Å². The maximum Gasteiger partial charge on any atom is 0.234 e. The van der Waals surface area contributed by atoms with Crippen LogP contribution in [0.25, 0.3) is 11.4 Å². The molecule has 5 nitrogen and oxygen atoms in total. The summed E-state index contributed by atoms with van der Waals surface area (Å²) >= 11 is 21.0. The first kappa shape index (κ1) is 21.5. The number of rotatable bonds is 7. The van der Waals surface area contributed by atoms with Gasteiger partial charge in [-0.2, -0.15) is 0 Å². The molecule has 2 aromatic heterocycles.